The standard InChI is InChI=1S/C13H12BClNO2.Na/c1-2-10-11(15)6-5-8-3-4-9(7-16)13(12(8)10)14(17)18;/h3,5-7,16-18H,2H2,1H3;/q-1;+1. The van der Waals surface area contributed by atoms with Gasteiger partial charge in [0.2, 0.25) is 0 Å². The number of hydrogen-bond donors (Lipinski definition) is 3. The van der Waals surface area contributed by atoms with Crippen LogP contribution in [0.1, 0.15) is 18.1 Å². The van der Waals surface area contributed by atoms with Crippen LogP contribution >= 0.6 is 11.6 Å². The Bertz CT molecular complexity index is 619. The number of fused-ring (bicyclic) bond motifs is 1. The van der Waals surface area contributed by atoms with Crippen molar-refractivity contribution in [1.82, 2.24) is 0 Å². The van der Waals surface area contributed by atoms with Crippen LogP contribution in [0.25, 0.3) is 10.8 Å². The molecule has 0 amide bonds. The molecule has 0 aliphatic heterocycles. The third kappa shape index (κ3) is 3.05. The second-order valence-corrected chi connectivity index (χ2v) is 4.38. The molecule has 0 aliphatic rings. The summed E-state index contributed by atoms with van der Waals surface area (Å²) in [6, 6.07) is 8.21. The molecule has 0 radical (unpaired) electrons. The average Bonchev–Trinajstić information content (AvgIpc) is 2.36. The van der Waals surface area contributed by atoms with Crippen LogP contribution in [-0.2, 0) is 6.42 Å². The predicted molar refractivity (Wildman–Crippen MR) is 74.9 cm³/mol. The molecule has 0 fully saturated rings. The van der Waals surface area contributed by atoms with E-state index in [1.54, 1.807) is 12.1 Å². The predicted octanol–water partition coefficient (Wildman–Crippen LogP) is -1.46. The largest absolute Gasteiger partial charge is 1.00 e. The maximum absolute atomic E-state index is 9.53. The molecule has 0 aromatic heterocycles. The fourth-order valence-electron chi connectivity index (χ4n) is 2.18. The molecule has 0 unspecified atom stereocenters. The van der Waals surface area contributed by atoms with Gasteiger partial charge in [-0.15, -0.1) is 17.7 Å². The number of halogens is 1. The van der Waals surface area contributed by atoms with Crippen LogP contribution in [0.3, 0.4) is 0 Å². The van der Waals surface area contributed by atoms with E-state index in [4.69, 9.17) is 17.0 Å². The number of hydrogen-bond acceptors (Lipinski definition) is 3. The third-order valence-electron chi connectivity index (χ3n) is 2.99. The number of aryl methyl sites for hydroxylation is 1. The van der Waals surface area contributed by atoms with Gasteiger partial charge in [0.25, 0.3) is 0 Å². The SMILES string of the molecule is CCc1c(Cl)ccc2c[c-]c(C=N)c(B(O)O)c12.[Na+]. The van der Waals surface area contributed by atoms with Gasteiger partial charge in [-0.25, -0.2) is 0 Å². The number of benzene rings is 2. The van der Waals surface area contributed by atoms with Crippen molar-refractivity contribution in [2.75, 3.05) is 0 Å². The minimum atomic E-state index is -1.65. The normalized spacial score (nSPS) is 10.1. The summed E-state index contributed by atoms with van der Waals surface area (Å²) in [5.41, 5.74) is 1.52. The Morgan fingerprint density at radius 3 is 2.63 bits per heavy atom. The first-order valence-electron chi connectivity index (χ1n) is 5.62. The van der Waals surface area contributed by atoms with Gasteiger partial charge < -0.3 is 15.5 Å². The Balaban J connectivity index is 0.00000180. The molecular weight excluding hydrogens is 271 g/mol. The van der Waals surface area contributed by atoms with Crippen molar-refractivity contribution in [3.05, 3.63) is 40.4 Å². The van der Waals surface area contributed by atoms with E-state index in [1.165, 1.54) is 0 Å². The Labute approximate surface area is 139 Å². The monoisotopic (exact) mass is 283 g/mol. The van der Waals surface area contributed by atoms with Gasteiger partial charge in [0.1, 0.15) is 0 Å². The van der Waals surface area contributed by atoms with Gasteiger partial charge in [-0.2, -0.15) is 0 Å². The molecule has 3 N–H and O–H groups in total. The zero-order chi connectivity index (χ0) is 13.3. The fourth-order valence-corrected chi connectivity index (χ4v) is 2.47. The van der Waals surface area contributed by atoms with Crippen molar-refractivity contribution in [3.63, 3.8) is 0 Å². The van der Waals surface area contributed by atoms with Crippen molar-refractivity contribution >= 4 is 41.2 Å². The Hall–Kier alpha value is -0.355. The second kappa shape index (κ2) is 6.89. The first kappa shape index (κ1) is 16.7. The maximum atomic E-state index is 9.53. The molecule has 3 nitrogen and oxygen atoms in total. The maximum Gasteiger partial charge on any atom is 1.00 e. The van der Waals surface area contributed by atoms with Gasteiger partial charge in [-0.3, -0.25) is 0 Å². The van der Waals surface area contributed by atoms with E-state index in [1.807, 2.05) is 13.0 Å². The van der Waals surface area contributed by atoms with Crippen LogP contribution in [0.5, 0.6) is 0 Å². The van der Waals surface area contributed by atoms with Gasteiger partial charge in [0.15, 0.2) is 0 Å². The molecular formula is C13H12BClNNaO2. The zero-order valence-electron chi connectivity index (χ0n) is 10.9. The zero-order valence-corrected chi connectivity index (χ0v) is 13.6. The van der Waals surface area contributed by atoms with E-state index < -0.39 is 7.12 Å². The molecule has 0 bridgehead atoms. The Morgan fingerprint density at radius 1 is 1.42 bits per heavy atom. The van der Waals surface area contributed by atoms with Crippen molar-refractivity contribution in [2.45, 2.75) is 13.3 Å². The summed E-state index contributed by atoms with van der Waals surface area (Å²) in [6.07, 6.45) is 1.74. The van der Waals surface area contributed by atoms with E-state index in [-0.39, 0.29) is 29.6 Å². The number of rotatable bonds is 3. The first-order chi connectivity index (χ1) is 8.60. The minimum absolute atomic E-state index is 0. The van der Waals surface area contributed by atoms with Crippen LogP contribution in [0.4, 0.5) is 0 Å². The molecule has 2 aromatic carbocycles. The third-order valence-corrected chi connectivity index (χ3v) is 3.34. The molecule has 0 saturated carbocycles. The van der Waals surface area contributed by atoms with E-state index in [9.17, 15) is 10.0 Å². The molecule has 0 heterocycles. The molecule has 6 heteroatoms. The number of nitrogens with one attached hydrogen (secondary N) is 1. The van der Waals surface area contributed by atoms with Crippen molar-refractivity contribution in [1.29, 1.82) is 5.41 Å². The van der Waals surface area contributed by atoms with E-state index in [2.05, 4.69) is 6.07 Å². The van der Waals surface area contributed by atoms with Crippen LogP contribution < -0.4 is 35.0 Å². The van der Waals surface area contributed by atoms with E-state index >= 15 is 0 Å². The van der Waals surface area contributed by atoms with Crippen LogP contribution in [0.15, 0.2) is 18.2 Å². The fraction of sp³-hybridized carbons (Fsp3) is 0.154. The molecule has 0 spiro atoms. The van der Waals surface area contributed by atoms with Crippen molar-refractivity contribution in [3.8, 4) is 0 Å². The van der Waals surface area contributed by atoms with E-state index in [0.717, 1.165) is 17.2 Å². The van der Waals surface area contributed by atoms with Crippen LogP contribution in [0.2, 0.25) is 5.02 Å². The summed E-state index contributed by atoms with van der Waals surface area (Å²) in [5.74, 6) is 0. The van der Waals surface area contributed by atoms with Gasteiger partial charge in [0.05, 0.1) is 0 Å². The Kier molecular flexibility index (Phi) is 6.05. The second-order valence-electron chi connectivity index (χ2n) is 3.98. The summed E-state index contributed by atoms with van der Waals surface area (Å²) >= 11 is 6.14. The van der Waals surface area contributed by atoms with Crippen molar-refractivity contribution < 1.29 is 39.6 Å². The molecule has 2 rings (SSSR count). The molecule has 2 aromatic rings. The van der Waals surface area contributed by atoms with Gasteiger partial charge in [-0.1, -0.05) is 53.1 Å². The van der Waals surface area contributed by atoms with Gasteiger partial charge >= 0.3 is 36.7 Å². The summed E-state index contributed by atoms with van der Waals surface area (Å²) in [4.78, 5) is 0. The van der Waals surface area contributed by atoms with Gasteiger partial charge in [0, 0.05) is 5.02 Å². The molecule has 0 aliphatic carbocycles. The summed E-state index contributed by atoms with van der Waals surface area (Å²) in [6.45, 7) is 1.95. The molecule has 0 saturated heterocycles. The minimum Gasteiger partial charge on any atom is -0.432 e. The smallest absolute Gasteiger partial charge is 0.432 e. The van der Waals surface area contributed by atoms with Crippen LogP contribution in [-0.4, -0.2) is 23.4 Å². The Morgan fingerprint density at radius 2 is 2.11 bits per heavy atom. The van der Waals surface area contributed by atoms with Crippen molar-refractivity contribution in [2.24, 2.45) is 0 Å². The van der Waals surface area contributed by atoms with E-state index in [0.29, 0.717) is 27.9 Å². The first-order valence-corrected chi connectivity index (χ1v) is 6.00. The average molecular weight is 283 g/mol. The molecule has 19 heavy (non-hydrogen) atoms. The quantitative estimate of drug-likeness (QED) is 0.366. The summed E-state index contributed by atoms with van der Waals surface area (Å²) < 4.78 is 0. The van der Waals surface area contributed by atoms with Gasteiger partial charge in [-0.05, 0) is 12.0 Å². The topological polar surface area (TPSA) is 64.3 Å². The van der Waals surface area contributed by atoms with Crippen LogP contribution in [0, 0.1) is 11.5 Å². The molecule has 0 atom stereocenters. The summed E-state index contributed by atoms with van der Waals surface area (Å²) in [5, 5.41) is 28.5. The summed E-state index contributed by atoms with van der Waals surface area (Å²) in [7, 11) is -1.65. The molecule has 92 valence electrons.